The molecule has 2 heterocycles. The summed E-state index contributed by atoms with van der Waals surface area (Å²) in [5.74, 6) is -3.01. The summed E-state index contributed by atoms with van der Waals surface area (Å²) in [4.78, 5) is 51.0. The zero-order valence-corrected chi connectivity index (χ0v) is 19.5. The van der Waals surface area contributed by atoms with E-state index in [1.54, 1.807) is 24.3 Å². The van der Waals surface area contributed by atoms with Gasteiger partial charge in [-0.05, 0) is 48.9 Å². The number of carboxylic acids is 1. The van der Waals surface area contributed by atoms with Crippen molar-refractivity contribution in [1.29, 1.82) is 0 Å². The second kappa shape index (κ2) is 9.83. The van der Waals surface area contributed by atoms with Crippen LogP contribution in [0.15, 0.2) is 42.6 Å². The molecule has 4 rings (SSSR count). The van der Waals surface area contributed by atoms with Gasteiger partial charge in [-0.25, -0.2) is 0 Å². The highest BCUT2D eigenvalue weighted by molar-refractivity contribution is 5.98. The number of nitrogens with one attached hydrogen (secondary N) is 2. The largest absolute Gasteiger partial charge is 0.481 e. The molecule has 2 aromatic rings. The fourth-order valence-electron chi connectivity index (χ4n) is 5.13. The highest BCUT2D eigenvalue weighted by atomic mass is 16.4. The number of carbonyl (C=O) groups excluding carboxylic acids is 3. The molecule has 0 bridgehead atoms. The summed E-state index contributed by atoms with van der Waals surface area (Å²) >= 11 is 0. The maximum absolute atomic E-state index is 13.4. The van der Waals surface area contributed by atoms with Crippen LogP contribution in [0.2, 0.25) is 0 Å². The van der Waals surface area contributed by atoms with Gasteiger partial charge in [0.1, 0.15) is 11.8 Å². The van der Waals surface area contributed by atoms with Gasteiger partial charge < -0.3 is 20.3 Å². The summed E-state index contributed by atoms with van der Waals surface area (Å²) in [6.45, 7) is 4.21. The summed E-state index contributed by atoms with van der Waals surface area (Å²) in [5, 5.41) is 15.5. The van der Waals surface area contributed by atoms with Gasteiger partial charge in [-0.3, -0.25) is 19.2 Å². The SMILES string of the molecule is CC(C)CC(NC(=O)c1ccccc1)C(=O)N[C@H]1CCc2ccn3c2C1C(=O)C[C@H](C(=O)O)C3. The van der Waals surface area contributed by atoms with Crippen LogP contribution in [0.1, 0.15) is 60.6 Å². The van der Waals surface area contributed by atoms with Gasteiger partial charge in [0.2, 0.25) is 5.91 Å². The lowest BCUT2D eigenvalue weighted by Gasteiger charge is -2.33. The third-order valence-electron chi connectivity index (χ3n) is 6.77. The molecule has 34 heavy (non-hydrogen) atoms. The van der Waals surface area contributed by atoms with Gasteiger partial charge in [-0.15, -0.1) is 0 Å². The lowest BCUT2D eigenvalue weighted by atomic mass is 9.79. The van der Waals surface area contributed by atoms with Crippen molar-refractivity contribution in [2.45, 2.75) is 64.1 Å². The zero-order valence-electron chi connectivity index (χ0n) is 19.5. The van der Waals surface area contributed by atoms with Gasteiger partial charge >= 0.3 is 5.97 Å². The van der Waals surface area contributed by atoms with E-state index in [1.165, 1.54) is 0 Å². The Kier molecular flexibility index (Phi) is 6.86. The van der Waals surface area contributed by atoms with Crippen molar-refractivity contribution in [2.24, 2.45) is 11.8 Å². The molecule has 1 aliphatic carbocycles. The first-order valence-corrected chi connectivity index (χ1v) is 11.8. The van der Waals surface area contributed by atoms with E-state index in [0.29, 0.717) is 24.8 Å². The van der Waals surface area contributed by atoms with Crippen LogP contribution in [0, 0.1) is 11.8 Å². The monoisotopic (exact) mass is 465 g/mol. The highest BCUT2D eigenvalue weighted by Crippen LogP contribution is 2.38. The van der Waals surface area contributed by atoms with Gasteiger partial charge in [0.05, 0.1) is 11.8 Å². The average molecular weight is 466 g/mol. The fourth-order valence-corrected chi connectivity index (χ4v) is 5.13. The van der Waals surface area contributed by atoms with E-state index < -0.39 is 29.9 Å². The van der Waals surface area contributed by atoms with E-state index in [0.717, 1.165) is 11.3 Å². The Morgan fingerprint density at radius 2 is 1.88 bits per heavy atom. The molecule has 0 saturated heterocycles. The first-order valence-electron chi connectivity index (χ1n) is 11.8. The minimum Gasteiger partial charge on any atom is -0.481 e. The molecule has 2 unspecified atom stereocenters. The summed E-state index contributed by atoms with van der Waals surface area (Å²) in [5.41, 5.74) is 2.33. The smallest absolute Gasteiger partial charge is 0.308 e. The predicted molar refractivity (Wildman–Crippen MR) is 125 cm³/mol. The van der Waals surface area contributed by atoms with E-state index in [4.69, 9.17) is 0 Å². The van der Waals surface area contributed by atoms with Crippen molar-refractivity contribution in [2.75, 3.05) is 0 Å². The number of hydrogen-bond donors (Lipinski definition) is 3. The Morgan fingerprint density at radius 3 is 2.56 bits per heavy atom. The molecule has 1 aromatic heterocycles. The quantitative estimate of drug-likeness (QED) is 0.581. The van der Waals surface area contributed by atoms with Crippen LogP contribution in [0.25, 0.3) is 0 Å². The summed E-state index contributed by atoms with van der Waals surface area (Å²) in [6.07, 6.45) is 3.52. The topological polar surface area (TPSA) is 118 Å². The molecule has 4 atom stereocenters. The Bertz CT molecular complexity index is 1090. The predicted octanol–water partition coefficient (Wildman–Crippen LogP) is 2.52. The standard InChI is InChI=1S/C26H31N3O5/c1-15(2)12-20(28-24(31)17-6-4-3-5-7-17)25(32)27-19-9-8-16-10-11-29-14-18(26(33)34)13-21(30)22(19)23(16)29/h3-7,10-11,15,18-20,22H,8-9,12-14H2,1-2H3,(H,27,32)(H,28,31)(H,33,34)/t18-,19-,20?,22?/m0/s1. The van der Waals surface area contributed by atoms with E-state index >= 15 is 0 Å². The van der Waals surface area contributed by atoms with Gasteiger partial charge in [-0.2, -0.15) is 0 Å². The normalized spacial score (nSPS) is 22.4. The fraction of sp³-hybridized carbons (Fsp3) is 0.462. The molecule has 8 nitrogen and oxygen atoms in total. The number of rotatable bonds is 7. The summed E-state index contributed by atoms with van der Waals surface area (Å²) < 4.78 is 1.87. The van der Waals surface area contributed by atoms with Crippen LogP contribution in [0.3, 0.4) is 0 Å². The molecule has 0 saturated carbocycles. The number of hydrogen-bond acceptors (Lipinski definition) is 4. The first-order chi connectivity index (χ1) is 16.2. The van der Waals surface area contributed by atoms with Crippen molar-refractivity contribution in [1.82, 2.24) is 15.2 Å². The third kappa shape index (κ3) is 4.90. The van der Waals surface area contributed by atoms with Gasteiger partial charge in [0.25, 0.3) is 5.91 Å². The average Bonchev–Trinajstić information content (AvgIpc) is 3.13. The van der Waals surface area contributed by atoms with Crippen LogP contribution in [-0.2, 0) is 27.3 Å². The van der Waals surface area contributed by atoms with Crippen LogP contribution in [0.5, 0.6) is 0 Å². The third-order valence-corrected chi connectivity index (χ3v) is 6.77. The molecule has 1 aliphatic heterocycles. The summed E-state index contributed by atoms with van der Waals surface area (Å²) in [6, 6.07) is 9.50. The molecular formula is C26H31N3O5. The van der Waals surface area contributed by atoms with Crippen molar-refractivity contribution < 1.29 is 24.3 Å². The van der Waals surface area contributed by atoms with Crippen molar-refractivity contribution in [3.05, 3.63) is 59.4 Å². The highest BCUT2D eigenvalue weighted by Gasteiger charge is 2.42. The lowest BCUT2D eigenvalue weighted by molar-refractivity contribution is -0.144. The van der Waals surface area contributed by atoms with Gasteiger partial charge in [0, 0.05) is 36.5 Å². The number of ketones is 1. The number of amides is 2. The Labute approximate surface area is 198 Å². The molecule has 2 amide bonds. The second-order valence-electron chi connectivity index (χ2n) is 9.74. The first kappa shape index (κ1) is 23.7. The number of aryl methyl sites for hydroxylation is 1. The Hall–Kier alpha value is -3.42. The molecule has 0 spiro atoms. The molecule has 3 N–H and O–H groups in total. The van der Waals surface area contributed by atoms with E-state index in [9.17, 15) is 24.3 Å². The minimum atomic E-state index is -0.990. The molecule has 180 valence electrons. The maximum Gasteiger partial charge on any atom is 0.308 e. The summed E-state index contributed by atoms with van der Waals surface area (Å²) in [7, 11) is 0. The number of nitrogens with zero attached hydrogens (tertiary/aromatic N) is 1. The van der Waals surface area contributed by atoms with Crippen LogP contribution in [0.4, 0.5) is 0 Å². The Morgan fingerprint density at radius 1 is 1.15 bits per heavy atom. The molecule has 8 heteroatoms. The number of carbonyl (C=O) groups is 4. The Balaban J connectivity index is 1.55. The van der Waals surface area contributed by atoms with Crippen molar-refractivity contribution in [3.63, 3.8) is 0 Å². The number of aliphatic carboxylic acids is 1. The van der Waals surface area contributed by atoms with Crippen molar-refractivity contribution in [3.8, 4) is 0 Å². The van der Waals surface area contributed by atoms with E-state index in [-0.39, 0.29) is 36.5 Å². The molecular weight excluding hydrogens is 434 g/mol. The number of benzene rings is 1. The molecule has 0 radical (unpaired) electrons. The minimum absolute atomic E-state index is 0.0618. The lowest BCUT2D eigenvalue weighted by Crippen LogP contribution is -2.53. The number of Topliss-reactive ketones (excluding diaryl/α,β-unsaturated/α-hetero) is 1. The van der Waals surface area contributed by atoms with Gasteiger partial charge in [0.15, 0.2) is 0 Å². The second-order valence-corrected chi connectivity index (χ2v) is 9.74. The van der Waals surface area contributed by atoms with Crippen LogP contribution >= 0.6 is 0 Å². The molecule has 2 aliphatic rings. The van der Waals surface area contributed by atoms with Crippen LogP contribution < -0.4 is 10.6 Å². The van der Waals surface area contributed by atoms with Gasteiger partial charge in [-0.1, -0.05) is 32.0 Å². The molecule has 1 aromatic carbocycles. The van der Waals surface area contributed by atoms with Crippen molar-refractivity contribution >= 4 is 23.6 Å². The van der Waals surface area contributed by atoms with E-state index in [2.05, 4.69) is 10.6 Å². The number of aromatic nitrogens is 1. The zero-order chi connectivity index (χ0) is 24.4. The maximum atomic E-state index is 13.4. The number of carboxylic acid groups (broad SMARTS) is 1. The van der Waals surface area contributed by atoms with E-state index in [1.807, 2.05) is 36.7 Å². The molecule has 0 fully saturated rings. The van der Waals surface area contributed by atoms with Crippen LogP contribution in [-0.4, -0.2) is 45.3 Å².